The van der Waals surface area contributed by atoms with Crippen molar-refractivity contribution in [2.45, 2.75) is 46.1 Å². The SMILES string of the molecule is COc1ccc(C2C(C#N)=C(N)N(c3cccnc3)C3=C2C(=O)CC(C)(C)C3)cc1COc1ccc([N+](=O)[O-])c(C)c1. The minimum absolute atomic E-state index is 0.0115. The van der Waals surface area contributed by atoms with Gasteiger partial charge in [-0.3, -0.25) is 24.8 Å². The minimum Gasteiger partial charge on any atom is -0.496 e. The van der Waals surface area contributed by atoms with Gasteiger partial charge in [-0.2, -0.15) is 5.26 Å². The lowest BCUT2D eigenvalue weighted by Gasteiger charge is -2.43. The molecule has 0 spiro atoms. The molecule has 214 valence electrons. The Hall–Kier alpha value is -5.17. The van der Waals surface area contributed by atoms with Crippen molar-refractivity contribution in [1.82, 2.24) is 4.98 Å². The third-order valence-corrected chi connectivity index (χ3v) is 7.68. The molecule has 2 heterocycles. The number of ether oxygens (including phenoxy) is 2. The van der Waals surface area contributed by atoms with Crippen molar-refractivity contribution in [2.24, 2.45) is 11.1 Å². The van der Waals surface area contributed by atoms with Gasteiger partial charge in [0, 0.05) is 41.1 Å². The second kappa shape index (κ2) is 11.0. The molecule has 10 heteroatoms. The lowest BCUT2D eigenvalue weighted by atomic mass is 9.68. The molecule has 5 rings (SSSR count). The van der Waals surface area contributed by atoms with Crippen LogP contribution < -0.4 is 20.1 Å². The average Bonchev–Trinajstić information content (AvgIpc) is 2.95. The van der Waals surface area contributed by atoms with Gasteiger partial charge in [-0.15, -0.1) is 0 Å². The summed E-state index contributed by atoms with van der Waals surface area (Å²) in [6, 6.07) is 16.0. The van der Waals surface area contributed by atoms with Crippen LogP contribution in [0.25, 0.3) is 0 Å². The third kappa shape index (κ3) is 5.17. The molecule has 1 aliphatic heterocycles. The Balaban J connectivity index is 1.59. The number of rotatable bonds is 7. The maximum atomic E-state index is 13.8. The van der Waals surface area contributed by atoms with Gasteiger partial charge in [-0.05, 0) is 60.7 Å². The van der Waals surface area contributed by atoms with Crippen LogP contribution in [0, 0.1) is 33.8 Å². The summed E-state index contributed by atoms with van der Waals surface area (Å²) in [5.41, 5.74) is 10.6. The van der Waals surface area contributed by atoms with E-state index >= 15 is 0 Å². The van der Waals surface area contributed by atoms with E-state index in [1.54, 1.807) is 55.6 Å². The molecule has 1 aromatic heterocycles. The second-order valence-corrected chi connectivity index (χ2v) is 11.3. The smallest absolute Gasteiger partial charge is 0.272 e. The highest BCUT2D eigenvalue weighted by atomic mass is 16.6. The highest BCUT2D eigenvalue weighted by Gasteiger charge is 2.44. The summed E-state index contributed by atoms with van der Waals surface area (Å²) >= 11 is 0. The number of hydrogen-bond donors (Lipinski definition) is 1. The first-order valence-electron chi connectivity index (χ1n) is 13.5. The Morgan fingerprint density at radius 1 is 1.21 bits per heavy atom. The summed E-state index contributed by atoms with van der Waals surface area (Å²) < 4.78 is 11.6. The van der Waals surface area contributed by atoms with Crippen molar-refractivity contribution in [1.29, 1.82) is 5.26 Å². The van der Waals surface area contributed by atoms with Crippen molar-refractivity contribution >= 4 is 17.2 Å². The number of aromatic nitrogens is 1. The van der Waals surface area contributed by atoms with Gasteiger partial charge in [-0.25, -0.2) is 0 Å². The molecule has 3 aromatic rings. The van der Waals surface area contributed by atoms with E-state index in [0.29, 0.717) is 52.3 Å². The normalized spacial score (nSPS) is 17.9. The molecule has 10 nitrogen and oxygen atoms in total. The van der Waals surface area contributed by atoms with Gasteiger partial charge in [0.25, 0.3) is 5.69 Å². The van der Waals surface area contributed by atoms with E-state index in [-0.39, 0.29) is 34.9 Å². The number of aryl methyl sites for hydroxylation is 1. The first-order valence-corrected chi connectivity index (χ1v) is 13.5. The number of nitro benzene ring substituents is 1. The number of ketones is 1. The number of benzene rings is 2. The lowest BCUT2D eigenvalue weighted by Crippen LogP contribution is -2.42. The number of nitriles is 1. The summed E-state index contributed by atoms with van der Waals surface area (Å²) in [7, 11) is 1.55. The van der Waals surface area contributed by atoms with Gasteiger partial charge in [0.2, 0.25) is 0 Å². The van der Waals surface area contributed by atoms with E-state index in [0.717, 1.165) is 5.70 Å². The van der Waals surface area contributed by atoms with Crippen LogP contribution in [0.3, 0.4) is 0 Å². The summed E-state index contributed by atoms with van der Waals surface area (Å²) in [4.78, 5) is 30.6. The molecule has 0 fully saturated rings. The quantitative estimate of drug-likeness (QED) is 0.276. The molecule has 0 bridgehead atoms. The first kappa shape index (κ1) is 28.4. The van der Waals surface area contributed by atoms with Gasteiger partial charge >= 0.3 is 0 Å². The fourth-order valence-electron chi connectivity index (χ4n) is 5.80. The van der Waals surface area contributed by atoms with E-state index in [9.17, 15) is 20.2 Å². The molecule has 1 unspecified atom stereocenters. The monoisotopic (exact) mass is 565 g/mol. The van der Waals surface area contributed by atoms with Crippen molar-refractivity contribution in [2.75, 3.05) is 12.0 Å². The number of carbonyl (C=O) groups excluding carboxylic acids is 1. The van der Waals surface area contributed by atoms with Gasteiger partial charge in [-0.1, -0.05) is 19.9 Å². The van der Waals surface area contributed by atoms with Gasteiger partial charge in [0.1, 0.15) is 23.9 Å². The Morgan fingerprint density at radius 3 is 2.64 bits per heavy atom. The minimum atomic E-state index is -0.673. The number of nitro groups is 1. The highest BCUT2D eigenvalue weighted by Crippen LogP contribution is 2.50. The predicted molar refractivity (Wildman–Crippen MR) is 156 cm³/mol. The topological polar surface area (TPSA) is 145 Å². The summed E-state index contributed by atoms with van der Waals surface area (Å²) in [6.07, 6.45) is 4.26. The largest absolute Gasteiger partial charge is 0.496 e. The van der Waals surface area contributed by atoms with Crippen LogP contribution in [0.4, 0.5) is 11.4 Å². The number of anilines is 1. The van der Waals surface area contributed by atoms with Crippen LogP contribution in [-0.4, -0.2) is 22.8 Å². The number of carbonyl (C=O) groups is 1. The molecule has 0 amide bonds. The molecule has 42 heavy (non-hydrogen) atoms. The molecule has 0 radical (unpaired) electrons. The zero-order chi connectivity index (χ0) is 30.2. The van der Waals surface area contributed by atoms with E-state index in [1.165, 1.54) is 6.07 Å². The van der Waals surface area contributed by atoms with Gasteiger partial charge < -0.3 is 15.2 Å². The number of nitrogens with two attached hydrogens (primary N) is 1. The number of nitrogens with zero attached hydrogens (tertiary/aromatic N) is 4. The van der Waals surface area contributed by atoms with Crippen LogP contribution in [0.1, 0.15) is 49.3 Å². The highest BCUT2D eigenvalue weighted by molar-refractivity contribution is 6.01. The van der Waals surface area contributed by atoms with Crippen molar-refractivity contribution < 1.29 is 19.2 Å². The summed E-state index contributed by atoms with van der Waals surface area (Å²) in [6.45, 7) is 5.84. The Kier molecular flexibility index (Phi) is 7.44. The number of Topliss-reactive ketones (excluding diaryl/α,β-unsaturated/α-hetero) is 1. The molecular formula is C32H31N5O5. The van der Waals surface area contributed by atoms with E-state index in [1.807, 2.05) is 32.0 Å². The zero-order valence-corrected chi connectivity index (χ0v) is 23.9. The van der Waals surface area contributed by atoms with Crippen LogP contribution in [0.2, 0.25) is 0 Å². The van der Waals surface area contributed by atoms with Crippen LogP contribution >= 0.6 is 0 Å². The van der Waals surface area contributed by atoms with Crippen molar-refractivity contribution in [3.63, 3.8) is 0 Å². The number of allylic oxidation sites excluding steroid dienone is 3. The Bertz CT molecular complexity index is 1690. The lowest BCUT2D eigenvalue weighted by molar-refractivity contribution is -0.385. The molecule has 1 aliphatic carbocycles. The molecule has 0 saturated heterocycles. The molecular weight excluding hydrogens is 534 g/mol. The second-order valence-electron chi connectivity index (χ2n) is 11.3. The first-order chi connectivity index (χ1) is 20.0. The average molecular weight is 566 g/mol. The fourth-order valence-corrected chi connectivity index (χ4v) is 5.80. The van der Waals surface area contributed by atoms with E-state index in [4.69, 9.17) is 15.2 Å². The third-order valence-electron chi connectivity index (χ3n) is 7.68. The fraction of sp³-hybridized carbons (Fsp3) is 0.281. The maximum Gasteiger partial charge on any atom is 0.272 e. The Labute approximate surface area is 243 Å². The zero-order valence-electron chi connectivity index (χ0n) is 23.9. The van der Waals surface area contributed by atoms with Gasteiger partial charge in [0.05, 0.1) is 41.5 Å². The molecule has 2 aliphatic rings. The molecule has 1 atom stereocenters. The number of hydrogen-bond acceptors (Lipinski definition) is 9. The summed E-state index contributed by atoms with van der Waals surface area (Å²) in [5, 5.41) is 21.6. The van der Waals surface area contributed by atoms with Crippen LogP contribution in [0.15, 0.2) is 83.6 Å². The molecule has 0 saturated carbocycles. The maximum absolute atomic E-state index is 13.8. The van der Waals surface area contributed by atoms with Crippen LogP contribution in [-0.2, 0) is 11.4 Å². The standard InChI is InChI=1S/C32H31N5O5/c1-19-12-23(8-9-25(19)37(39)40)42-18-21-13-20(7-10-28(21)41-4)29-24(16-33)31(34)36(22-6-5-11-35-17-22)26-14-32(2,3)15-27(38)30(26)29/h5-13,17,29H,14-15,18,34H2,1-4H3. The predicted octanol–water partition coefficient (Wildman–Crippen LogP) is 5.83. The van der Waals surface area contributed by atoms with E-state index in [2.05, 4.69) is 11.1 Å². The molecule has 2 aromatic carbocycles. The van der Waals surface area contributed by atoms with Crippen molar-refractivity contribution in [3.05, 3.63) is 110 Å². The number of pyridine rings is 1. The van der Waals surface area contributed by atoms with Gasteiger partial charge in [0.15, 0.2) is 5.78 Å². The van der Waals surface area contributed by atoms with E-state index < -0.39 is 10.8 Å². The number of methoxy groups -OCH3 is 1. The molecule has 2 N–H and O–H groups in total. The van der Waals surface area contributed by atoms with Crippen molar-refractivity contribution in [3.8, 4) is 17.6 Å². The van der Waals surface area contributed by atoms with Crippen LogP contribution in [0.5, 0.6) is 11.5 Å². The summed E-state index contributed by atoms with van der Waals surface area (Å²) in [5.74, 6) is 0.579. The Morgan fingerprint density at radius 2 is 2.00 bits per heavy atom.